The Bertz CT molecular complexity index is 739. The van der Waals surface area contributed by atoms with Crippen LogP contribution in [0.2, 0.25) is 5.15 Å². The third-order valence-corrected chi connectivity index (χ3v) is 5.14. The number of carbonyl (C=O) groups is 2. The minimum absolute atomic E-state index is 0.316. The van der Waals surface area contributed by atoms with E-state index in [-0.39, 0.29) is 5.91 Å². The quantitative estimate of drug-likeness (QED) is 0.863. The number of carbonyl (C=O) groups excluding carboxylic acids is 1. The van der Waals surface area contributed by atoms with Gasteiger partial charge in [0.15, 0.2) is 10.1 Å². The molecule has 0 bridgehead atoms. The van der Waals surface area contributed by atoms with E-state index in [1.807, 2.05) is 11.6 Å². The molecule has 1 unspecified atom stereocenters. The number of thiazole rings is 1. The SMILES string of the molecule is O=C(O)C1CSCN1C(=O)/C=C/c1c(Cl)nc2sccn12. The first-order valence-corrected chi connectivity index (χ1v) is 8.39. The van der Waals surface area contributed by atoms with Crippen LogP contribution in [0.15, 0.2) is 17.7 Å². The zero-order valence-corrected chi connectivity index (χ0v) is 13.0. The molecule has 0 spiro atoms. The maximum Gasteiger partial charge on any atom is 0.327 e. The number of carboxylic acids is 1. The Kier molecular flexibility index (Phi) is 3.92. The number of hydrogen-bond donors (Lipinski definition) is 1. The first-order valence-electron chi connectivity index (χ1n) is 5.98. The van der Waals surface area contributed by atoms with E-state index < -0.39 is 12.0 Å². The minimum Gasteiger partial charge on any atom is -0.480 e. The number of aromatic nitrogens is 2. The van der Waals surface area contributed by atoms with Gasteiger partial charge in [-0.25, -0.2) is 9.78 Å². The summed E-state index contributed by atoms with van der Waals surface area (Å²) in [5.74, 6) is -0.524. The number of nitrogens with zero attached hydrogens (tertiary/aromatic N) is 3. The molecule has 110 valence electrons. The predicted molar refractivity (Wildman–Crippen MR) is 82.7 cm³/mol. The Hall–Kier alpha value is -1.51. The second-order valence-corrected chi connectivity index (χ2v) is 6.57. The molecule has 1 N–H and O–H groups in total. The van der Waals surface area contributed by atoms with Crippen LogP contribution in [0.25, 0.3) is 11.0 Å². The van der Waals surface area contributed by atoms with Crippen LogP contribution in [-0.2, 0) is 9.59 Å². The maximum atomic E-state index is 12.1. The van der Waals surface area contributed by atoms with Gasteiger partial charge < -0.3 is 10.0 Å². The minimum atomic E-state index is -0.982. The van der Waals surface area contributed by atoms with Crippen LogP contribution in [0.3, 0.4) is 0 Å². The molecule has 9 heteroatoms. The summed E-state index contributed by atoms with van der Waals surface area (Å²) in [5, 5.41) is 11.3. The number of fused-ring (bicyclic) bond motifs is 1. The summed E-state index contributed by atoms with van der Waals surface area (Å²) in [4.78, 5) is 29.5. The molecular weight excluding hydrogens is 334 g/mol. The van der Waals surface area contributed by atoms with Crippen molar-refractivity contribution in [2.45, 2.75) is 6.04 Å². The Labute approximate surface area is 133 Å². The highest BCUT2D eigenvalue weighted by Gasteiger charge is 2.33. The van der Waals surface area contributed by atoms with Gasteiger partial charge in [-0.15, -0.1) is 23.1 Å². The van der Waals surface area contributed by atoms with E-state index in [1.54, 1.807) is 10.5 Å². The van der Waals surface area contributed by atoms with Gasteiger partial charge in [0.25, 0.3) is 0 Å². The number of amides is 1. The zero-order chi connectivity index (χ0) is 15.0. The maximum absolute atomic E-state index is 12.1. The van der Waals surface area contributed by atoms with E-state index >= 15 is 0 Å². The highest BCUT2D eigenvalue weighted by molar-refractivity contribution is 7.99. The third-order valence-electron chi connectivity index (χ3n) is 3.09. The van der Waals surface area contributed by atoms with E-state index in [0.717, 1.165) is 4.96 Å². The first-order chi connectivity index (χ1) is 10.1. The lowest BCUT2D eigenvalue weighted by atomic mass is 10.3. The molecule has 2 aromatic rings. The van der Waals surface area contributed by atoms with Crippen LogP contribution < -0.4 is 0 Å². The Balaban J connectivity index is 1.82. The molecule has 6 nitrogen and oxygen atoms in total. The van der Waals surface area contributed by atoms with Crippen molar-refractivity contribution in [1.29, 1.82) is 0 Å². The Morgan fingerprint density at radius 2 is 2.33 bits per heavy atom. The summed E-state index contributed by atoms with van der Waals surface area (Å²) in [6, 6.07) is -0.769. The molecule has 1 aliphatic rings. The smallest absolute Gasteiger partial charge is 0.327 e. The number of aliphatic carboxylic acids is 1. The van der Waals surface area contributed by atoms with E-state index in [0.29, 0.717) is 22.5 Å². The van der Waals surface area contributed by atoms with Crippen molar-refractivity contribution in [1.82, 2.24) is 14.3 Å². The highest BCUT2D eigenvalue weighted by Crippen LogP contribution is 2.24. The molecule has 0 saturated carbocycles. The molecule has 1 saturated heterocycles. The molecule has 0 radical (unpaired) electrons. The molecular formula is C12H10ClN3O3S2. The van der Waals surface area contributed by atoms with Crippen LogP contribution in [0, 0.1) is 0 Å². The highest BCUT2D eigenvalue weighted by atomic mass is 35.5. The average Bonchev–Trinajstić information content (AvgIpc) is 3.11. The van der Waals surface area contributed by atoms with Gasteiger partial charge in [0.1, 0.15) is 6.04 Å². The lowest BCUT2D eigenvalue weighted by molar-refractivity contribution is -0.146. The van der Waals surface area contributed by atoms with E-state index in [2.05, 4.69) is 4.98 Å². The van der Waals surface area contributed by atoms with Crippen molar-refractivity contribution in [3.63, 3.8) is 0 Å². The van der Waals surface area contributed by atoms with Gasteiger partial charge in [-0.1, -0.05) is 11.6 Å². The normalized spacial score (nSPS) is 18.9. The lowest BCUT2D eigenvalue weighted by Gasteiger charge is -2.18. The molecule has 2 aromatic heterocycles. The number of imidazole rings is 1. The third kappa shape index (κ3) is 2.66. The summed E-state index contributed by atoms with van der Waals surface area (Å²) in [6.07, 6.45) is 4.73. The van der Waals surface area contributed by atoms with Crippen molar-refractivity contribution in [3.8, 4) is 0 Å². The number of carboxylic acid groups (broad SMARTS) is 1. The van der Waals surface area contributed by atoms with Crippen LogP contribution in [0.4, 0.5) is 0 Å². The Morgan fingerprint density at radius 3 is 3.10 bits per heavy atom. The zero-order valence-electron chi connectivity index (χ0n) is 10.6. The molecule has 1 aliphatic heterocycles. The van der Waals surface area contributed by atoms with Crippen molar-refractivity contribution in [3.05, 3.63) is 28.5 Å². The molecule has 1 amide bonds. The molecule has 1 fully saturated rings. The van der Waals surface area contributed by atoms with Crippen LogP contribution >= 0.6 is 34.7 Å². The summed E-state index contributed by atoms with van der Waals surface area (Å²) >= 11 is 8.90. The van der Waals surface area contributed by atoms with Crippen LogP contribution in [-0.4, -0.2) is 48.9 Å². The molecule has 3 rings (SSSR count). The fourth-order valence-electron chi connectivity index (χ4n) is 2.04. The van der Waals surface area contributed by atoms with Crippen LogP contribution in [0.1, 0.15) is 5.69 Å². The number of hydrogen-bond acceptors (Lipinski definition) is 5. The Morgan fingerprint density at radius 1 is 1.52 bits per heavy atom. The second-order valence-electron chi connectivity index (χ2n) is 4.34. The number of halogens is 1. The number of rotatable bonds is 3. The average molecular weight is 344 g/mol. The summed E-state index contributed by atoms with van der Waals surface area (Å²) in [6.45, 7) is 0. The number of thioether (sulfide) groups is 1. The van der Waals surface area contributed by atoms with Gasteiger partial charge in [0, 0.05) is 23.4 Å². The van der Waals surface area contributed by atoms with E-state index in [4.69, 9.17) is 16.7 Å². The van der Waals surface area contributed by atoms with Gasteiger partial charge >= 0.3 is 5.97 Å². The monoisotopic (exact) mass is 343 g/mol. The topological polar surface area (TPSA) is 74.9 Å². The van der Waals surface area contributed by atoms with Gasteiger partial charge in [0.2, 0.25) is 5.91 Å². The predicted octanol–water partition coefficient (Wildman–Crippen LogP) is 2.05. The molecule has 1 atom stereocenters. The molecule has 0 aromatic carbocycles. The summed E-state index contributed by atoms with van der Waals surface area (Å²) in [7, 11) is 0. The summed E-state index contributed by atoms with van der Waals surface area (Å²) < 4.78 is 1.78. The van der Waals surface area contributed by atoms with Crippen molar-refractivity contribution in [2.75, 3.05) is 11.6 Å². The largest absolute Gasteiger partial charge is 0.480 e. The van der Waals surface area contributed by atoms with Crippen LogP contribution in [0.5, 0.6) is 0 Å². The second kappa shape index (κ2) is 5.70. The molecule has 21 heavy (non-hydrogen) atoms. The van der Waals surface area contributed by atoms with E-state index in [1.165, 1.54) is 34.1 Å². The first kappa shape index (κ1) is 14.4. The van der Waals surface area contributed by atoms with Crippen molar-refractivity contribution >= 4 is 57.6 Å². The standard InChI is InChI=1S/C12H10ClN3O3S2/c13-10-7(15-3-4-21-12(15)14-10)1-2-9(17)16-6-20-5-8(16)11(18)19/h1-4,8H,5-6H2,(H,18,19)/b2-1+. The van der Waals surface area contributed by atoms with Crippen molar-refractivity contribution < 1.29 is 14.7 Å². The van der Waals surface area contributed by atoms with Gasteiger partial charge in [0.05, 0.1) is 11.6 Å². The van der Waals surface area contributed by atoms with Gasteiger partial charge in [-0.2, -0.15) is 0 Å². The fraction of sp³-hybridized carbons (Fsp3) is 0.250. The fourth-order valence-corrected chi connectivity index (χ4v) is 4.20. The molecule has 0 aliphatic carbocycles. The van der Waals surface area contributed by atoms with Crippen molar-refractivity contribution in [2.24, 2.45) is 0 Å². The van der Waals surface area contributed by atoms with Gasteiger partial charge in [-0.3, -0.25) is 9.20 Å². The van der Waals surface area contributed by atoms with Gasteiger partial charge in [-0.05, 0) is 6.08 Å². The van der Waals surface area contributed by atoms with E-state index in [9.17, 15) is 9.59 Å². The lowest BCUT2D eigenvalue weighted by Crippen LogP contribution is -2.40. The molecule has 3 heterocycles. The summed E-state index contributed by atoms with van der Waals surface area (Å²) in [5.41, 5.74) is 0.611.